The number of para-hydroxylation sites is 1. The van der Waals surface area contributed by atoms with E-state index in [0.717, 1.165) is 0 Å². The molecule has 2 N–H and O–H groups in total. The van der Waals surface area contributed by atoms with Crippen LogP contribution in [0.4, 0.5) is 11.4 Å². The van der Waals surface area contributed by atoms with Gasteiger partial charge in [-0.2, -0.15) is 5.10 Å². The van der Waals surface area contributed by atoms with Gasteiger partial charge in [0.05, 0.1) is 21.8 Å². The summed E-state index contributed by atoms with van der Waals surface area (Å²) < 4.78 is 5.45. The zero-order chi connectivity index (χ0) is 23.8. The molecular weight excluding hydrogens is 448 g/mol. The number of hydrazone groups is 1. The van der Waals surface area contributed by atoms with Gasteiger partial charge in [0, 0.05) is 17.2 Å². The lowest BCUT2D eigenvalue weighted by atomic mass is 10.1. The number of nitrogens with zero attached hydrogens (tertiary/aromatic N) is 2. The number of benzene rings is 3. The van der Waals surface area contributed by atoms with Crippen LogP contribution < -0.4 is 15.5 Å². The molecule has 33 heavy (non-hydrogen) atoms. The Morgan fingerprint density at radius 1 is 1.12 bits per heavy atom. The van der Waals surface area contributed by atoms with Crippen molar-refractivity contribution in [3.63, 3.8) is 0 Å². The lowest BCUT2D eigenvalue weighted by Crippen LogP contribution is -2.20. The van der Waals surface area contributed by atoms with Gasteiger partial charge in [0.1, 0.15) is 5.75 Å². The first kappa shape index (κ1) is 23.4. The molecule has 0 bridgehead atoms. The highest BCUT2D eigenvalue weighted by atomic mass is 35.5. The summed E-state index contributed by atoms with van der Waals surface area (Å²) in [6.07, 6.45) is 1.41. The van der Waals surface area contributed by atoms with Crippen LogP contribution in [0.3, 0.4) is 0 Å². The van der Waals surface area contributed by atoms with Crippen molar-refractivity contribution in [1.29, 1.82) is 0 Å². The summed E-state index contributed by atoms with van der Waals surface area (Å²) in [5.41, 5.74) is 3.95. The van der Waals surface area contributed by atoms with Gasteiger partial charge in [0.25, 0.3) is 17.5 Å². The Hall–Kier alpha value is -4.24. The van der Waals surface area contributed by atoms with E-state index in [1.54, 1.807) is 55.5 Å². The number of nitro benzene ring substituents is 1. The number of amides is 2. The Morgan fingerprint density at radius 3 is 2.55 bits per heavy atom. The minimum absolute atomic E-state index is 0.128. The summed E-state index contributed by atoms with van der Waals surface area (Å²) in [6.45, 7) is 1.40. The third kappa shape index (κ3) is 6.62. The van der Waals surface area contributed by atoms with Crippen LogP contribution in [-0.2, 0) is 4.79 Å². The average Bonchev–Trinajstić information content (AvgIpc) is 2.80. The van der Waals surface area contributed by atoms with Gasteiger partial charge in [-0.05, 0) is 55.0 Å². The molecule has 168 valence electrons. The molecule has 0 aliphatic rings. The van der Waals surface area contributed by atoms with Crippen LogP contribution in [0.1, 0.15) is 21.5 Å². The number of rotatable bonds is 8. The van der Waals surface area contributed by atoms with Gasteiger partial charge in [-0.25, -0.2) is 5.43 Å². The highest BCUT2D eigenvalue weighted by Crippen LogP contribution is 2.21. The summed E-state index contributed by atoms with van der Waals surface area (Å²) in [7, 11) is 0. The molecule has 2 amide bonds. The van der Waals surface area contributed by atoms with E-state index in [9.17, 15) is 19.7 Å². The number of hydrogen-bond donors (Lipinski definition) is 2. The fraction of sp³-hybridized carbons (Fsp3) is 0.0870. The quantitative estimate of drug-likeness (QED) is 0.290. The summed E-state index contributed by atoms with van der Waals surface area (Å²) in [6, 6.07) is 17.7. The first-order chi connectivity index (χ1) is 15.8. The van der Waals surface area contributed by atoms with E-state index in [-0.39, 0.29) is 23.8 Å². The van der Waals surface area contributed by atoms with Gasteiger partial charge < -0.3 is 10.1 Å². The lowest BCUT2D eigenvalue weighted by Gasteiger charge is -2.08. The van der Waals surface area contributed by atoms with Crippen LogP contribution in [0.2, 0.25) is 5.02 Å². The molecule has 9 nitrogen and oxygen atoms in total. The molecule has 0 saturated carbocycles. The molecule has 3 rings (SSSR count). The Bertz CT molecular complexity index is 1210. The van der Waals surface area contributed by atoms with E-state index in [0.29, 0.717) is 27.6 Å². The van der Waals surface area contributed by atoms with Crippen molar-refractivity contribution < 1.29 is 19.2 Å². The van der Waals surface area contributed by atoms with Crippen LogP contribution in [0, 0.1) is 17.0 Å². The maximum Gasteiger partial charge on any atom is 0.273 e. The van der Waals surface area contributed by atoms with Gasteiger partial charge >= 0.3 is 0 Å². The summed E-state index contributed by atoms with van der Waals surface area (Å²) >= 11 is 6.00. The van der Waals surface area contributed by atoms with Crippen LogP contribution in [0.5, 0.6) is 5.75 Å². The smallest absolute Gasteiger partial charge is 0.273 e. The second kappa shape index (κ2) is 10.9. The Labute approximate surface area is 194 Å². The second-order valence-electron chi connectivity index (χ2n) is 6.84. The maximum atomic E-state index is 12.2. The number of nitrogens with one attached hydrogen (secondary N) is 2. The predicted molar refractivity (Wildman–Crippen MR) is 125 cm³/mol. The molecule has 3 aromatic carbocycles. The minimum Gasteiger partial charge on any atom is -0.484 e. The fourth-order valence-corrected chi connectivity index (χ4v) is 2.91. The predicted octanol–water partition coefficient (Wildman–Crippen LogP) is 4.34. The molecule has 0 atom stereocenters. The number of carbonyl (C=O) groups is 2. The van der Waals surface area contributed by atoms with Crippen LogP contribution >= 0.6 is 11.6 Å². The zero-order valence-electron chi connectivity index (χ0n) is 17.4. The Balaban J connectivity index is 1.50. The van der Waals surface area contributed by atoms with Crippen molar-refractivity contribution in [2.75, 3.05) is 11.9 Å². The highest BCUT2D eigenvalue weighted by molar-refractivity contribution is 6.33. The minimum atomic E-state index is -0.571. The molecule has 0 spiro atoms. The van der Waals surface area contributed by atoms with E-state index in [1.807, 2.05) is 0 Å². The average molecular weight is 467 g/mol. The molecule has 3 aromatic rings. The van der Waals surface area contributed by atoms with Gasteiger partial charge in [0.2, 0.25) is 0 Å². The molecular formula is C23H19ClN4O5. The lowest BCUT2D eigenvalue weighted by molar-refractivity contribution is -0.385. The van der Waals surface area contributed by atoms with Gasteiger partial charge in [0.15, 0.2) is 6.61 Å². The molecule has 10 heteroatoms. The summed E-state index contributed by atoms with van der Waals surface area (Å²) in [5.74, 6) is -0.455. The molecule has 0 saturated heterocycles. The van der Waals surface area contributed by atoms with Crippen molar-refractivity contribution in [1.82, 2.24) is 5.43 Å². The van der Waals surface area contributed by atoms with Gasteiger partial charge in [-0.15, -0.1) is 0 Å². The largest absolute Gasteiger partial charge is 0.484 e. The summed E-state index contributed by atoms with van der Waals surface area (Å²) in [5, 5.41) is 18.0. The maximum absolute atomic E-state index is 12.2. The normalized spacial score (nSPS) is 10.6. The number of carbonyl (C=O) groups excluding carboxylic acids is 2. The molecule has 0 radical (unpaired) electrons. The highest BCUT2D eigenvalue weighted by Gasteiger charge is 2.14. The number of anilines is 1. The van der Waals surface area contributed by atoms with E-state index < -0.39 is 10.8 Å². The first-order valence-corrected chi connectivity index (χ1v) is 10.1. The van der Waals surface area contributed by atoms with E-state index >= 15 is 0 Å². The number of nitro groups is 1. The van der Waals surface area contributed by atoms with Crippen molar-refractivity contribution in [2.45, 2.75) is 6.92 Å². The zero-order valence-corrected chi connectivity index (χ0v) is 18.2. The van der Waals surface area contributed by atoms with Crippen molar-refractivity contribution >= 4 is 41.0 Å². The van der Waals surface area contributed by atoms with Crippen LogP contribution in [-0.4, -0.2) is 29.6 Å². The van der Waals surface area contributed by atoms with Crippen molar-refractivity contribution in [2.24, 2.45) is 5.10 Å². The summed E-state index contributed by atoms with van der Waals surface area (Å²) in [4.78, 5) is 34.6. The molecule has 0 unspecified atom stereocenters. The van der Waals surface area contributed by atoms with Crippen molar-refractivity contribution in [3.05, 3.63) is 98.6 Å². The topological polar surface area (TPSA) is 123 Å². The number of hydrogen-bond acceptors (Lipinski definition) is 6. The van der Waals surface area contributed by atoms with Crippen LogP contribution in [0.25, 0.3) is 0 Å². The Morgan fingerprint density at radius 2 is 1.85 bits per heavy atom. The number of ether oxygens (including phenoxy) is 1. The first-order valence-electron chi connectivity index (χ1n) is 9.69. The van der Waals surface area contributed by atoms with E-state index in [1.165, 1.54) is 24.4 Å². The van der Waals surface area contributed by atoms with Gasteiger partial charge in [-0.3, -0.25) is 19.7 Å². The standard InChI is InChI=1S/C23H19ClN4O5/c1-15-6-9-17(12-21(15)28(31)32)23(30)27-25-13-16-7-10-18(11-8-16)33-14-22(29)26-20-5-3-2-4-19(20)24/h2-13H,14H2,1H3,(H,26,29)(H,27,30)/b25-13-. The second-order valence-corrected chi connectivity index (χ2v) is 7.25. The fourth-order valence-electron chi connectivity index (χ4n) is 2.73. The number of halogens is 1. The Kier molecular flexibility index (Phi) is 7.72. The monoisotopic (exact) mass is 466 g/mol. The third-order valence-electron chi connectivity index (χ3n) is 4.45. The molecule has 0 aliphatic heterocycles. The molecule has 0 fully saturated rings. The van der Waals surface area contributed by atoms with Crippen molar-refractivity contribution in [3.8, 4) is 5.75 Å². The third-order valence-corrected chi connectivity index (χ3v) is 4.78. The van der Waals surface area contributed by atoms with E-state index in [2.05, 4.69) is 15.8 Å². The molecule has 0 aliphatic carbocycles. The SMILES string of the molecule is Cc1ccc(C(=O)N/N=C\c2ccc(OCC(=O)Nc3ccccc3Cl)cc2)cc1[N+](=O)[O-]. The van der Waals surface area contributed by atoms with Crippen LogP contribution in [0.15, 0.2) is 71.8 Å². The van der Waals surface area contributed by atoms with E-state index in [4.69, 9.17) is 16.3 Å². The molecule has 0 heterocycles. The van der Waals surface area contributed by atoms with Gasteiger partial charge in [-0.1, -0.05) is 29.8 Å². The molecule has 0 aromatic heterocycles. The number of aryl methyl sites for hydroxylation is 1.